The maximum Gasteiger partial charge on any atom is 0.215 e. The summed E-state index contributed by atoms with van der Waals surface area (Å²) in [5.74, 6) is -1.13. The third-order valence-electron chi connectivity index (χ3n) is 2.36. The molecule has 0 amide bonds. The first kappa shape index (κ1) is 13.4. The Hall–Kier alpha value is -2.08. The molecule has 100 valence electrons. The standard InChI is InChI=1S/C12H10ClF2N3O/c1-19-10-3-2-9(16)12(17-10)18-11-7(13)4-6(14)5-8(11)15/h2-5H,16H2,1H3,(H,17,18). The van der Waals surface area contributed by atoms with E-state index in [9.17, 15) is 8.78 Å². The predicted molar refractivity (Wildman–Crippen MR) is 69.9 cm³/mol. The third-order valence-corrected chi connectivity index (χ3v) is 2.66. The zero-order valence-corrected chi connectivity index (χ0v) is 10.6. The van der Waals surface area contributed by atoms with Gasteiger partial charge in [-0.1, -0.05) is 11.6 Å². The first-order chi connectivity index (χ1) is 9.01. The van der Waals surface area contributed by atoms with Crippen molar-refractivity contribution in [1.29, 1.82) is 0 Å². The van der Waals surface area contributed by atoms with Crippen LogP contribution in [-0.2, 0) is 0 Å². The van der Waals surface area contributed by atoms with Gasteiger partial charge in [-0.2, -0.15) is 4.98 Å². The Labute approximate surface area is 113 Å². The second kappa shape index (κ2) is 5.27. The minimum Gasteiger partial charge on any atom is -0.481 e. The Morgan fingerprint density at radius 3 is 2.68 bits per heavy atom. The van der Waals surface area contributed by atoms with E-state index in [4.69, 9.17) is 22.1 Å². The predicted octanol–water partition coefficient (Wildman–Crippen LogP) is 3.35. The van der Waals surface area contributed by atoms with E-state index in [1.165, 1.54) is 7.11 Å². The van der Waals surface area contributed by atoms with Gasteiger partial charge in [-0.15, -0.1) is 0 Å². The maximum absolute atomic E-state index is 13.6. The molecule has 1 aromatic heterocycles. The number of benzene rings is 1. The average Bonchev–Trinajstić information content (AvgIpc) is 2.35. The van der Waals surface area contributed by atoms with Crippen molar-refractivity contribution < 1.29 is 13.5 Å². The Kier molecular flexibility index (Phi) is 3.71. The van der Waals surface area contributed by atoms with Crippen LogP contribution in [-0.4, -0.2) is 12.1 Å². The number of nitrogen functional groups attached to an aromatic ring is 1. The fourth-order valence-corrected chi connectivity index (χ4v) is 1.69. The lowest BCUT2D eigenvalue weighted by molar-refractivity contribution is 0.398. The zero-order valence-electron chi connectivity index (χ0n) is 9.88. The summed E-state index contributed by atoms with van der Waals surface area (Å²) in [4.78, 5) is 4.01. The van der Waals surface area contributed by atoms with E-state index < -0.39 is 11.6 Å². The van der Waals surface area contributed by atoms with Crippen molar-refractivity contribution in [2.24, 2.45) is 0 Å². The van der Waals surface area contributed by atoms with Crippen LogP contribution < -0.4 is 15.8 Å². The van der Waals surface area contributed by atoms with Gasteiger partial charge in [0.25, 0.3) is 0 Å². The van der Waals surface area contributed by atoms with Gasteiger partial charge in [0.15, 0.2) is 11.6 Å². The smallest absolute Gasteiger partial charge is 0.215 e. The highest BCUT2D eigenvalue weighted by Gasteiger charge is 2.12. The number of nitrogens with two attached hydrogens (primary N) is 1. The van der Waals surface area contributed by atoms with E-state index in [1.54, 1.807) is 12.1 Å². The molecule has 0 atom stereocenters. The van der Waals surface area contributed by atoms with Crippen LogP contribution >= 0.6 is 11.6 Å². The molecule has 7 heteroatoms. The molecule has 0 saturated heterocycles. The van der Waals surface area contributed by atoms with E-state index in [1.807, 2.05) is 0 Å². The number of aromatic nitrogens is 1. The molecule has 0 radical (unpaired) electrons. The zero-order chi connectivity index (χ0) is 14.0. The van der Waals surface area contributed by atoms with Gasteiger partial charge in [-0.3, -0.25) is 0 Å². The summed E-state index contributed by atoms with van der Waals surface area (Å²) in [6.07, 6.45) is 0. The van der Waals surface area contributed by atoms with Gasteiger partial charge < -0.3 is 15.8 Å². The van der Waals surface area contributed by atoms with Gasteiger partial charge in [-0.05, 0) is 12.1 Å². The van der Waals surface area contributed by atoms with Crippen LogP contribution in [0, 0.1) is 11.6 Å². The van der Waals surface area contributed by atoms with E-state index in [2.05, 4.69) is 10.3 Å². The van der Waals surface area contributed by atoms with Crippen molar-refractivity contribution in [3.8, 4) is 5.88 Å². The number of rotatable bonds is 3. The van der Waals surface area contributed by atoms with Gasteiger partial charge in [-0.25, -0.2) is 8.78 Å². The number of methoxy groups -OCH3 is 1. The fourth-order valence-electron chi connectivity index (χ4n) is 1.45. The topological polar surface area (TPSA) is 60.2 Å². The summed E-state index contributed by atoms with van der Waals surface area (Å²) in [5.41, 5.74) is 5.88. The van der Waals surface area contributed by atoms with Crippen molar-refractivity contribution in [3.63, 3.8) is 0 Å². The molecule has 4 nitrogen and oxygen atoms in total. The van der Waals surface area contributed by atoms with Crippen molar-refractivity contribution in [2.75, 3.05) is 18.2 Å². The van der Waals surface area contributed by atoms with Crippen molar-refractivity contribution in [1.82, 2.24) is 4.98 Å². The largest absolute Gasteiger partial charge is 0.481 e. The third kappa shape index (κ3) is 2.85. The molecule has 2 rings (SSSR count). The number of hydrogen-bond donors (Lipinski definition) is 2. The van der Waals surface area contributed by atoms with Crippen LogP contribution in [0.15, 0.2) is 24.3 Å². The van der Waals surface area contributed by atoms with E-state index in [-0.39, 0.29) is 22.2 Å². The number of ether oxygens (including phenoxy) is 1. The van der Waals surface area contributed by atoms with Crippen LogP contribution in [0.1, 0.15) is 0 Å². The van der Waals surface area contributed by atoms with E-state index >= 15 is 0 Å². The monoisotopic (exact) mass is 285 g/mol. The summed E-state index contributed by atoms with van der Waals surface area (Å²) in [6, 6.07) is 4.81. The van der Waals surface area contributed by atoms with Crippen LogP contribution in [0.3, 0.4) is 0 Å². The average molecular weight is 286 g/mol. The molecule has 0 fully saturated rings. The van der Waals surface area contributed by atoms with Crippen LogP contribution in [0.5, 0.6) is 5.88 Å². The number of pyridine rings is 1. The molecule has 0 saturated carbocycles. The highest BCUT2D eigenvalue weighted by Crippen LogP contribution is 2.31. The molecule has 3 N–H and O–H groups in total. The first-order valence-corrected chi connectivity index (χ1v) is 5.61. The summed E-state index contributed by atoms with van der Waals surface area (Å²) < 4.78 is 31.5. The lowest BCUT2D eigenvalue weighted by Gasteiger charge is -2.11. The quantitative estimate of drug-likeness (QED) is 0.908. The van der Waals surface area contributed by atoms with Crippen molar-refractivity contribution in [2.45, 2.75) is 0 Å². The summed E-state index contributed by atoms with van der Waals surface area (Å²) in [6.45, 7) is 0. The molecule has 0 aliphatic carbocycles. The molecule has 0 aliphatic rings. The van der Waals surface area contributed by atoms with Crippen molar-refractivity contribution >= 4 is 28.8 Å². The summed E-state index contributed by atoms with van der Waals surface area (Å²) in [7, 11) is 1.44. The normalized spacial score (nSPS) is 10.3. The molecular weight excluding hydrogens is 276 g/mol. The number of hydrogen-bond acceptors (Lipinski definition) is 4. The fraction of sp³-hybridized carbons (Fsp3) is 0.0833. The number of anilines is 3. The highest BCUT2D eigenvalue weighted by atomic mass is 35.5. The molecule has 2 aromatic rings. The number of halogens is 3. The lowest BCUT2D eigenvalue weighted by atomic mass is 10.3. The molecule has 0 aliphatic heterocycles. The second-order valence-electron chi connectivity index (χ2n) is 3.66. The molecule has 1 heterocycles. The van der Waals surface area contributed by atoms with Gasteiger partial charge in [0.05, 0.1) is 23.5 Å². The van der Waals surface area contributed by atoms with Crippen molar-refractivity contribution in [3.05, 3.63) is 40.9 Å². The minimum absolute atomic E-state index is 0.101. The van der Waals surface area contributed by atoms with Crippen LogP contribution in [0.25, 0.3) is 0 Å². The number of nitrogens with zero attached hydrogens (tertiary/aromatic N) is 1. The Morgan fingerprint density at radius 2 is 2.05 bits per heavy atom. The Balaban J connectivity index is 2.41. The first-order valence-electron chi connectivity index (χ1n) is 5.23. The van der Waals surface area contributed by atoms with E-state index in [0.717, 1.165) is 6.07 Å². The lowest BCUT2D eigenvalue weighted by Crippen LogP contribution is -2.03. The highest BCUT2D eigenvalue weighted by molar-refractivity contribution is 6.33. The molecule has 1 aromatic carbocycles. The van der Waals surface area contributed by atoms with Crippen LogP contribution in [0.4, 0.5) is 26.0 Å². The molecular formula is C12H10ClF2N3O. The van der Waals surface area contributed by atoms with Crippen LogP contribution in [0.2, 0.25) is 5.02 Å². The Bertz CT molecular complexity index is 599. The molecule has 0 bridgehead atoms. The summed E-state index contributed by atoms with van der Waals surface area (Å²) in [5, 5.41) is 2.51. The van der Waals surface area contributed by atoms with E-state index in [0.29, 0.717) is 11.9 Å². The molecule has 0 spiro atoms. The Morgan fingerprint density at radius 1 is 1.32 bits per heavy atom. The van der Waals surface area contributed by atoms with Gasteiger partial charge in [0, 0.05) is 12.1 Å². The van der Waals surface area contributed by atoms with Gasteiger partial charge in [0.2, 0.25) is 5.88 Å². The SMILES string of the molecule is COc1ccc(N)c(Nc2c(F)cc(F)cc2Cl)n1. The molecule has 19 heavy (non-hydrogen) atoms. The molecule has 0 unspecified atom stereocenters. The van der Waals surface area contributed by atoms with Gasteiger partial charge in [0.1, 0.15) is 5.82 Å². The number of nitrogens with one attached hydrogen (secondary N) is 1. The second-order valence-corrected chi connectivity index (χ2v) is 4.07. The summed E-state index contributed by atoms with van der Waals surface area (Å²) >= 11 is 5.77. The minimum atomic E-state index is -0.839. The van der Waals surface area contributed by atoms with Gasteiger partial charge >= 0.3 is 0 Å². The maximum atomic E-state index is 13.6.